The highest BCUT2D eigenvalue weighted by atomic mass is 19.4. The van der Waals surface area contributed by atoms with E-state index >= 15 is 0 Å². The maximum Gasteiger partial charge on any atom is 0.405 e. The van der Waals surface area contributed by atoms with Crippen molar-refractivity contribution in [1.82, 2.24) is 15.1 Å². The molecule has 0 aromatic carbocycles. The van der Waals surface area contributed by atoms with E-state index in [2.05, 4.69) is 10.4 Å². The third-order valence-corrected chi connectivity index (χ3v) is 2.03. The number of aromatic nitrogens is 2. The Bertz CT molecular complexity index is 498. The first-order chi connectivity index (χ1) is 8.81. The molecule has 1 heterocycles. The molecule has 0 bridgehead atoms. The van der Waals surface area contributed by atoms with Gasteiger partial charge in [0.15, 0.2) is 0 Å². The summed E-state index contributed by atoms with van der Waals surface area (Å²) in [5.74, 6) is -0.928. The van der Waals surface area contributed by atoms with Crippen LogP contribution in [0.2, 0.25) is 0 Å². The maximum atomic E-state index is 11.9. The average Bonchev–Trinajstić information content (AvgIpc) is 2.30. The van der Waals surface area contributed by atoms with Gasteiger partial charge in [-0.3, -0.25) is 9.59 Å². The summed E-state index contributed by atoms with van der Waals surface area (Å²) in [7, 11) is 0. The Morgan fingerprint density at radius 1 is 1.47 bits per heavy atom. The van der Waals surface area contributed by atoms with Crippen molar-refractivity contribution in [3.8, 4) is 0 Å². The Morgan fingerprint density at radius 2 is 2.16 bits per heavy atom. The zero-order valence-corrected chi connectivity index (χ0v) is 10.1. The maximum absolute atomic E-state index is 11.9. The number of hydrogen-bond donors (Lipinski definition) is 2. The van der Waals surface area contributed by atoms with Crippen molar-refractivity contribution in [2.24, 2.45) is 0 Å². The van der Waals surface area contributed by atoms with Crippen LogP contribution in [0.1, 0.15) is 6.92 Å². The number of rotatable bonds is 5. The van der Waals surface area contributed by atoms with Crippen molar-refractivity contribution >= 4 is 11.6 Å². The fraction of sp³-hybridized carbons (Fsp3) is 0.500. The van der Waals surface area contributed by atoms with Crippen molar-refractivity contribution in [2.45, 2.75) is 19.6 Å². The quantitative estimate of drug-likeness (QED) is 0.815. The molecule has 2 N–H and O–H groups in total. The minimum atomic E-state index is -4.48. The van der Waals surface area contributed by atoms with E-state index in [9.17, 15) is 22.8 Å². The van der Waals surface area contributed by atoms with Gasteiger partial charge in [-0.15, -0.1) is 0 Å². The topological polar surface area (TPSA) is 76.0 Å². The van der Waals surface area contributed by atoms with Gasteiger partial charge in [0.25, 0.3) is 5.56 Å². The van der Waals surface area contributed by atoms with Crippen LogP contribution in [0, 0.1) is 0 Å². The van der Waals surface area contributed by atoms with Crippen LogP contribution >= 0.6 is 0 Å². The van der Waals surface area contributed by atoms with Gasteiger partial charge in [-0.1, -0.05) is 0 Å². The first-order valence-corrected chi connectivity index (χ1v) is 5.46. The molecule has 9 heteroatoms. The molecule has 6 nitrogen and oxygen atoms in total. The van der Waals surface area contributed by atoms with Crippen LogP contribution in [-0.4, -0.2) is 35.0 Å². The van der Waals surface area contributed by atoms with Gasteiger partial charge < -0.3 is 10.6 Å². The lowest BCUT2D eigenvalue weighted by Gasteiger charge is -2.09. The lowest BCUT2D eigenvalue weighted by molar-refractivity contribution is -0.138. The van der Waals surface area contributed by atoms with Crippen molar-refractivity contribution < 1.29 is 18.0 Å². The van der Waals surface area contributed by atoms with Gasteiger partial charge in [-0.05, 0) is 6.92 Å². The highest BCUT2D eigenvalue weighted by molar-refractivity contribution is 5.75. The minimum absolute atomic E-state index is 0.486. The van der Waals surface area contributed by atoms with E-state index in [0.717, 1.165) is 4.68 Å². The lowest BCUT2D eigenvalue weighted by Crippen LogP contribution is -2.38. The van der Waals surface area contributed by atoms with E-state index in [-0.39, 0.29) is 0 Å². The average molecular weight is 278 g/mol. The molecule has 0 spiro atoms. The van der Waals surface area contributed by atoms with Crippen LogP contribution in [0.3, 0.4) is 0 Å². The predicted molar refractivity (Wildman–Crippen MR) is 61.7 cm³/mol. The Balaban J connectivity index is 2.62. The van der Waals surface area contributed by atoms with E-state index < -0.39 is 30.7 Å². The predicted octanol–water partition coefficient (Wildman–Crippen LogP) is 0.354. The zero-order valence-electron chi connectivity index (χ0n) is 10.1. The number of carbonyl (C=O) groups excluding carboxylic acids is 1. The summed E-state index contributed by atoms with van der Waals surface area (Å²) in [4.78, 5) is 22.7. The summed E-state index contributed by atoms with van der Waals surface area (Å²) in [6.45, 7) is 0.435. The summed E-state index contributed by atoms with van der Waals surface area (Å²) in [6, 6.07) is 1.22. The summed E-state index contributed by atoms with van der Waals surface area (Å²) in [5, 5.41) is 8.19. The van der Waals surface area contributed by atoms with Crippen molar-refractivity contribution in [2.75, 3.05) is 18.4 Å². The fourth-order valence-corrected chi connectivity index (χ4v) is 1.24. The summed E-state index contributed by atoms with van der Waals surface area (Å²) in [5.41, 5.74) is -0.0833. The van der Waals surface area contributed by atoms with E-state index in [1.54, 1.807) is 5.32 Å². The molecule has 19 heavy (non-hydrogen) atoms. The second-order valence-corrected chi connectivity index (χ2v) is 3.66. The second kappa shape index (κ2) is 6.21. The highest BCUT2D eigenvalue weighted by Gasteiger charge is 2.27. The molecule has 0 saturated carbocycles. The number of anilines is 1. The third-order valence-electron chi connectivity index (χ3n) is 2.03. The van der Waals surface area contributed by atoms with Gasteiger partial charge in [0.05, 0.1) is 11.9 Å². The molecule has 0 fully saturated rings. The fourth-order valence-electron chi connectivity index (χ4n) is 1.24. The molecule has 1 amide bonds. The monoisotopic (exact) mass is 278 g/mol. The van der Waals surface area contributed by atoms with Crippen molar-refractivity contribution in [1.29, 1.82) is 0 Å². The van der Waals surface area contributed by atoms with E-state index in [0.29, 0.717) is 12.2 Å². The first-order valence-electron chi connectivity index (χ1n) is 5.46. The van der Waals surface area contributed by atoms with E-state index in [1.165, 1.54) is 12.3 Å². The molecule has 0 atom stereocenters. The van der Waals surface area contributed by atoms with Gasteiger partial charge in [-0.2, -0.15) is 18.3 Å². The normalized spacial score (nSPS) is 11.2. The van der Waals surface area contributed by atoms with E-state index in [4.69, 9.17) is 0 Å². The number of alkyl halides is 3. The van der Waals surface area contributed by atoms with Crippen molar-refractivity contribution in [3.63, 3.8) is 0 Å². The number of amides is 1. The second-order valence-electron chi connectivity index (χ2n) is 3.66. The molecule has 106 valence electrons. The van der Waals surface area contributed by atoms with Gasteiger partial charge in [0.2, 0.25) is 5.91 Å². The zero-order chi connectivity index (χ0) is 14.5. The largest absolute Gasteiger partial charge is 0.405 e. The summed E-state index contributed by atoms with van der Waals surface area (Å²) >= 11 is 0. The van der Waals surface area contributed by atoms with Crippen LogP contribution in [-0.2, 0) is 11.3 Å². The Morgan fingerprint density at radius 3 is 2.68 bits per heavy atom. The van der Waals surface area contributed by atoms with E-state index in [1.807, 2.05) is 6.92 Å². The Hall–Kier alpha value is -2.06. The third kappa shape index (κ3) is 5.40. The first kappa shape index (κ1) is 15.0. The molecule has 0 saturated heterocycles. The van der Waals surface area contributed by atoms with Gasteiger partial charge in [0.1, 0.15) is 13.1 Å². The van der Waals surface area contributed by atoms with Gasteiger partial charge in [-0.25, -0.2) is 4.68 Å². The van der Waals surface area contributed by atoms with Crippen LogP contribution in [0.5, 0.6) is 0 Å². The van der Waals surface area contributed by atoms with Crippen LogP contribution in [0.4, 0.5) is 18.9 Å². The van der Waals surface area contributed by atoms with Crippen LogP contribution in [0.25, 0.3) is 0 Å². The molecule has 0 aliphatic rings. The molecule has 1 aromatic heterocycles. The van der Waals surface area contributed by atoms with Gasteiger partial charge in [0, 0.05) is 12.6 Å². The molecule has 0 aliphatic carbocycles. The summed E-state index contributed by atoms with van der Waals surface area (Å²) in [6.07, 6.45) is -3.16. The molecular weight excluding hydrogens is 265 g/mol. The van der Waals surface area contributed by atoms with Gasteiger partial charge >= 0.3 is 6.18 Å². The highest BCUT2D eigenvalue weighted by Crippen LogP contribution is 2.11. The number of carbonyl (C=O) groups is 1. The number of nitrogens with one attached hydrogen (secondary N) is 2. The lowest BCUT2D eigenvalue weighted by atomic mass is 10.4. The Labute approximate surface area is 106 Å². The molecule has 1 aromatic rings. The van der Waals surface area contributed by atoms with Crippen molar-refractivity contribution in [3.05, 3.63) is 22.6 Å². The smallest absolute Gasteiger partial charge is 0.384 e. The molecule has 0 radical (unpaired) electrons. The molecule has 0 aliphatic heterocycles. The van der Waals surface area contributed by atoms with Crippen LogP contribution in [0.15, 0.2) is 17.1 Å². The number of hydrogen-bond acceptors (Lipinski definition) is 4. The number of nitrogens with zero attached hydrogens (tertiary/aromatic N) is 2. The molecular formula is C10H13F3N4O2. The summed E-state index contributed by atoms with van der Waals surface area (Å²) < 4.78 is 36.4. The number of halogens is 3. The minimum Gasteiger partial charge on any atom is -0.384 e. The molecule has 0 unspecified atom stereocenters. The standard InChI is InChI=1S/C10H13F3N4O2/c1-2-14-7-3-9(19)17(16-4-7)5-8(18)15-6-10(11,12)13/h3-4,14H,2,5-6H2,1H3,(H,15,18). The SMILES string of the molecule is CCNc1cnn(CC(=O)NCC(F)(F)F)c(=O)c1. The molecule has 1 rings (SSSR count). The Kier molecular flexibility index (Phi) is 4.90. The van der Waals surface area contributed by atoms with Crippen LogP contribution < -0.4 is 16.2 Å².